The van der Waals surface area contributed by atoms with Crippen molar-refractivity contribution in [2.75, 3.05) is 0 Å². The minimum Gasteiger partial charge on any atom is -0.482 e. The fourth-order valence-electron chi connectivity index (χ4n) is 1.72. The molecule has 0 aliphatic carbocycles. The molecule has 19 heavy (non-hydrogen) atoms. The van der Waals surface area contributed by atoms with Crippen molar-refractivity contribution < 1.29 is 9.13 Å². The van der Waals surface area contributed by atoms with Crippen LogP contribution in [0.3, 0.4) is 0 Å². The molecule has 3 nitrogen and oxygen atoms in total. The first-order chi connectivity index (χ1) is 8.99. The standard InChI is InChI=1S/C15H19FN2O/c1-5-6-14(15(17)18-4)19-11(3)13-9-12(16)8-7-10(13)2/h5-9,11H,4,17H2,1-3H3/b6-5-,15-14+. The smallest absolute Gasteiger partial charge is 0.165 e. The van der Waals surface area contributed by atoms with Gasteiger partial charge in [0.25, 0.3) is 0 Å². The molecule has 0 radical (unpaired) electrons. The molecule has 0 aromatic heterocycles. The van der Waals surface area contributed by atoms with E-state index < -0.39 is 0 Å². The quantitative estimate of drug-likeness (QED) is 0.500. The molecule has 1 aromatic rings. The highest BCUT2D eigenvalue weighted by molar-refractivity contribution is 5.32. The average Bonchev–Trinajstić information content (AvgIpc) is 2.40. The van der Waals surface area contributed by atoms with Gasteiger partial charge >= 0.3 is 0 Å². The van der Waals surface area contributed by atoms with Crippen molar-refractivity contribution in [2.24, 2.45) is 10.7 Å². The van der Waals surface area contributed by atoms with E-state index in [9.17, 15) is 4.39 Å². The van der Waals surface area contributed by atoms with Gasteiger partial charge in [0.15, 0.2) is 11.6 Å². The topological polar surface area (TPSA) is 47.6 Å². The molecular formula is C15H19FN2O. The second kappa shape index (κ2) is 6.73. The van der Waals surface area contributed by atoms with Crippen LogP contribution in [-0.4, -0.2) is 6.72 Å². The van der Waals surface area contributed by atoms with Crippen LogP contribution in [0.4, 0.5) is 4.39 Å². The number of hydrogen-bond donors (Lipinski definition) is 1. The molecule has 2 N–H and O–H groups in total. The lowest BCUT2D eigenvalue weighted by Crippen LogP contribution is -2.07. The highest BCUT2D eigenvalue weighted by atomic mass is 19.1. The van der Waals surface area contributed by atoms with Crippen molar-refractivity contribution in [3.8, 4) is 0 Å². The number of aliphatic imine (C=N–C) groups is 1. The first-order valence-electron chi connectivity index (χ1n) is 6.01. The number of hydrogen-bond acceptors (Lipinski definition) is 3. The molecule has 0 heterocycles. The molecule has 1 unspecified atom stereocenters. The molecular weight excluding hydrogens is 243 g/mol. The molecule has 1 rings (SSSR count). The summed E-state index contributed by atoms with van der Waals surface area (Å²) in [7, 11) is 0. The summed E-state index contributed by atoms with van der Waals surface area (Å²) in [6.07, 6.45) is 3.16. The van der Waals surface area contributed by atoms with Crippen molar-refractivity contribution in [1.29, 1.82) is 0 Å². The predicted molar refractivity (Wildman–Crippen MR) is 76.2 cm³/mol. The third-order valence-electron chi connectivity index (χ3n) is 2.72. The summed E-state index contributed by atoms with van der Waals surface area (Å²) >= 11 is 0. The minimum atomic E-state index is -0.331. The third kappa shape index (κ3) is 3.95. The van der Waals surface area contributed by atoms with Crippen molar-refractivity contribution >= 4 is 6.72 Å². The zero-order chi connectivity index (χ0) is 14.4. The maximum absolute atomic E-state index is 13.3. The van der Waals surface area contributed by atoms with Gasteiger partial charge in [-0.15, -0.1) is 0 Å². The number of rotatable bonds is 5. The van der Waals surface area contributed by atoms with Crippen LogP contribution >= 0.6 is 0 Å². The highest BCUT2D eigenvalue weighted by Gasteiger charge is 2.13. The van der Waals surface area contributed by atoms with Gasteiger partial charge < -0.3 is 10.5 Å². The van der Waals surface area contributed by atoms with Crippen LogP contribution in [0.2, 0.25) is 0 Å². The number of nitrogens with zero attached hydrogens (tertiary/aromatic N) is 1. The van der Waals surface area contributed by atoms with Gasteiger partial charge in [-0.05, 0) is 56.8 Å². The van der Waals surface area contributed by atoms with Gasteiger partial charge in [-0.25, -0.2) is 9.38 Å². The Balaban J connectivity index is 3.03. The third-order valence-corrected chi connectivity index (χ3v) is 2.72. The number of allylic oxidation sites excluding steroid dienone is 2. The van der Waals surface area contributed by atoms with Crippen molar-refractivity contribution in [3.63, 3.8) is 0 Å². The zero-order valence-electron chi connectivity index (χ0n) is 11.5. The van der Waals surface area contributed by atoms with Crippen molar-refractivity contribution in [3.05, 3.63) is 58.9 Å². The Kier molecular flexibility index (Phi) is 5.30. The van der Waals surface area contributed by atoms with Gasteiger partial charge in [0.1, 0.15) is 11.9 Å². The van der Waals surface area contributed by atoms with Crippen LogP contribution in [0.25, 0.3) is 0 Å². The minimum absolute atomic E-state index is 0.207. The normalized spacial score (nSPS) is 14.1. The fraction of sp³-hybridized carbons (Fsp3) is 0.267. The van der Waals surface area contributed by atoms with E-state index in [2.05, 4.69) is 11.7 Å². The predicted octanol–water partition coefficient (Wildman–Crippen LogP) is 3.62. The summed E-state index contributed by atoms with van der Waals surface area (Å²) in [5, 5.41) is 0. The van der Waals surface area contributed by atoms with E-state index in [0.29, 0.717) is 5.76 Å². The summed E-state index contributed by atoms with van der Waals surface area (Å²) in [5.74, 6) is 0.343. The molecule has 0 fully saturated rings. The largest absolute Gasteiger partial charge is 0.482 e. The van der Waals surface area contributed by atoms with Crippen LogP contribution < -0.4 is 5.73 Å². The molecule has 1 aromatic carbocycles. The lowest BCUT2D eigenvalue weighted by molar-refractivity contribution is 0.139. The molecule has 0 saturated carbocycles. The zero-order valence-corrected chi connectivity index (χ0v) is 11.5. The van der Waals surface area contributed by atoms with E-state index >= 15 is 0 Å². The second-order valence-corrected chi connectivity index (χ2v) is 4.17. The first kappa shape index (κ1) is 15.0. The van der Waals surface area contributed by atoms with E-state index in [-0.39, 0.29) is 17.7 Å². The maximum atomic E-state index is 13.3. The van der Waals surface area contributed by atoms with Crippen LogP contribution in [0.15, 0.2) is 46.9 Å². The van der Waals surface area contributed by atoms with Gasteiger partial charge in [0.2, 0.25) is 0 Å². The molecule has 4 heteroatoms. The number of halogens is 1. The Morgan fingerprint density at radius 1 is 1.53 bits per heavy atom. The number of ether oxygens (including phenoxy) is 1. The van der Waals surface area contributed by atoms with Crippen molar-refractivity contribution in [1.82, 2.24) is 0 Å². The van der Waals surface area contributed by atoms with E-state index in [0.717, 1.165) is 11.1 Å². The summed E-state index contributed by atoms with van der Waals surface area (Å²) in [6, 6.07) is 4.61. The molecule has 0 saturated heterocycles. The van der Waals surface area contributed by atoms with Gasteiger partial charge in [-0.2, -0.15) is 0 Å². The summed E-state index contributed by atoms with van der Waals surface area (Å²) in [5.41, 5.74) is 7.43. The second-order valence-electron chi connectivity index (χ2n) is 4.17. The van der Waals surface area contributed by atoms with E-state index in [1.165, 1.54) is 12.1 Å². The molecule has 1 atom stereocenters. The van der Waals surface area contributed by atoms with Gasteiger partial charge in [0.05, 0.1) is 0 Å². The van der Waals surface area contributed by atoms with Crippen LogP contribution in [0, 0.1) is 12.7 Å². The van der Waals surface area contributed by atoms with Crippen molar-refractivity contribution in [2.45, 2.75) is 26.9 Å². The van der Waals surface area contributed by atoms with Crippen LogP contribution in [-0.2, 0) is 4.74 Å². The lowest BCUT2D eigenvalue weighted by atomic mass is 10.0. The molecule has 0 amide bonds. The summed E-state index contributed by atoms with van der Waals surface area (Å²) < 4.78 is 19.0. The van der Waals surface area contributed by atoms with Crippen LogP contribution in [0.1, 0.15) is 31.1 Å². The number of nitrogens with two attached hydrogens (primary N) is 1. The van der Waals surface area contributed by atoms with E-state index in [1.807, 2.05) is 20.8 Å². The average molecular weight is 262 g/mol. The Bertz CT molecular complexity index is 521. The van der Waals surface area contributed by atoms with Crippen LogP contribution in [0.5, 0.6) is 0 Å². The molecule has 0 bridgehead atoms. The number of benzene rings is 1. The van der Waals surface area contributed by atoms with Gasteiger partial charge in [0, 0.05) is 0 Å². The highest BCUT2D eigenvalue weighted by Crippen LogP contribution is 2.25. The Morgan fingerprint density at radius 2 is 2.21 bits per heavy atom. The fourth-order valence-corrected chi connectivity index (χ4v) is 1.72. The Labute approximate surface area is 113 Å². The van der Waals surface area contributed by atoms with Gasteiger partial charge in [-0.3, -0.25) is 0 Å². The Hall–Kier alpha value is -2.10. The maximum Gasteiger partial charge on any atom is 0.165 e. The number of aryl methyl sites for hydroxylation is 1. The molecule has 0 spiro atoms. The van der Waals surface area contributed by atoms with E-state index in [4.69, 9.17) is 10.5 Å². The summed E-state index contributed by atoms with van der Waals surface area (Å²) in [6.45, 7) is 8.95. The Morgan fingerprint density at radius 3 is 2.79 bits per heavy atom. The van der Waals surface area contributed by atoms with Gasteiger partial charge in [-0.1, -0.05) is 12.1 Å². The SMILES string of the molecule is C=N/C(N)=C(\C=C/C)OC(C)c1cc(F)ccc1C. The molecule has 0 aliphatic heterocycles. The molecule has 0 aliphatic rings. The van der Waals surface area contributed by atoms with E-state index in [1.54, 1.807) is 18.2 Å². The first-order valence-corrected chi connectivity index (χ1v) is 6.01. The molecule has 102 valence electrons. The summed E-state index contributed by atoms with van der Waals surface area (Å²) in [4.78, 5) is 3.65. The lowest BCUT2D eigenvalue weighted by Gasteiger charge is -2.18. The monoisotopic (exact) mass is 262 g/mol.